The van der Waals surface area contributed by atoms with Gasteiger partial charge in [-0.1, -0.05) is 33.1 Å². The molecule has 3 unspecified atom stereocenters. The fraction of sp³-hybridized carbons (Fsp3) is 0.929. The Kier molecular flexibility index (Phi) is 6.56. The molecule has 3 nitrogen and oxygen atoms in total. The summed E-state index contributed by atoms with van der Waals surface area (Å²) in [4.78, 5) is 11.8. The molecule has 1 fully saturated rings. The zero-order chi connectivity index (χ0) is 12.7. The van der Waals surface area contributed by atoms with Crippen LogP contribution in [-0.2, 0) is 4.79 Å². The van der Waals surface area contributed by atoms with Gasteiger partial charge in [-0.15, -0.1) is 0 Å². The van der Waals surface area contributed by atoms with Crippen LogP contribution in [-0.4, -0.2) is 24.5 Å². The first kappa shape index (κ1) is 14.5. The third-order valence-electron chi connectivity index (χ3n) is 4.00. The summed E-state index contributed by atoms with van der Waals surface area (Å²) in [6.07, 6.45) is 7.28. The number of hydrogen-bond donors (Lipinski definition) is 2. The van der Waals surface area contributed by atoms with Crippen molar-refractivity contribution in [3.63, 3.8) is 0 Å². The quantitative estimate of drug-likeness (QED) is 0.749. The highest BCUT2D eigenvalue weighted by Gasteiger charge is 2.24. The molecule has 1 rings (SSSR count). The number of nitrogens with one attached hydrogen (secondary N) is 2. The molecule has 1 saturated carbocycles. The Morgan fingerprint density at radius 2 is 2.00 bits per heavy atom. The van der Waals surface area contributed by atoms with Crippen LogP contribution in [0.4, 0.5) is 0 Å². The van der Waals surface area contributed by atoms with Crippen molar-refractivity contribution in [3.05, 3.63) is 0 Å². The van der Waals surface area contributed by atoms with E-state index >= 15 is 0 Å². The molecule has 0 aromatic rings. The van der Waals surface area contributed by atoms with Crippen molar-refractivity contribution < 1.29 is 4.79 Å². The van der Waals surface area contributed by atoms with Crippen LogP contribution in [0.15, 0.2) is 0 Å². The largest absolute Gasteiger partial charge is 0.352 e. The van der Waals surface area contributed by atoms with E-state index in [0.717, 1.165) is 12.8 Å². The first-order valence-corrected chi connectivity index (χ1v) is 7.20. The van der Waals surface area contributed by atoms with Crippen LogP contribution in [0, 0.1) is 5.92 Å². The molecule has 0 aromatic carbocycles. The van der Waals surface area contributed by atoms with Gasteiger partial charge in [-0.25, -0.2) is 0 Å². The van der Waals surface area contributed by atoms with E-state index in [2.05, 4.69) is 31.4 Å². The third kappa shape index (κ3) is 5.07. The lowest BCUT2D eigenvalue weighted by atomic mass is 9.83. The van der Waals surface area contributed by atoms with Gasteiger partial charge in [-0.05, 0) is 32.1 Å². The molecular formula is C14H28N2O. The molecule has 0 heterocycles. The van der Waals surface area contributed by atoms with Crippen molar-refractivity contribution >= 4 is 5.91 Å². The maximum Gasteiger partial charge on any atom is 0.234 e. The van der Waals surface area contributed by atoms with Gasteiger partial charge in [0.15, 0.2) is 0 Å². The number of hydrogen-bond acceptors (Lipinski definition) is 2. The highest BCUT2D eigenvalue weighted by Crippen LogP contribution is 2.26. The van der Waals surface area contributed by atoms with Crippen LogP contribution in [0.3, 0.4) is 0 Å². The highest BCUT2D eigenvalue weighted by atomic mass is 16.2. The molecule has 17 heavy (non-hydrogen) atoms. The van der Waals surface area contributed by atoms with E-state index in [-0.39, 0.29) is 5.91 Å². The Labute approximate surface area is 106 Å². The zero-order valence-electron chi connectivity index (χ0n) is 11.6. The Bertz CT molecular complexity index is 230. The summed E-state index contributed by atoms with van der Waals surface area (Å²) in [5.74, 6) is 0.854. The molecule has 0 saturated heterocycles. The second kappa shape index (κ2) is 7.70. The predicted molar refractivity (Wildman–Crippen MR) is 71.9 cm³/mol. The van der Waals surface area contributed by atoms with Crippen LogP contribution in [0.25, 0.3) is 0 Å². The van der Waals surface area contributed by atoms with E-state index < -0.39 is 0 Å². The van der Waals surface area contributed by atoms with Crippen molar-refractivity contribution in [2.75, 3.05) is 6.54 Å². The second-order valence-corrected chi connectivity index (χ2v) is 5.32. The van der Waals surface area contributed by atoms with E-state index in [1.54, 1.807) is 0 Å². The van der Waals surface area contributed by atoms with Crippen molar-refractivity contribution in [2.45, 2.75) is 71.4 Å². The third-order valence-corrected chi connectivity index (χ3v) is 4.00. The van der Waals surface area contributed by atoms with Crippen LogP contribution in [0.1, 0.15) is 59.3 Å². The van der Waals surface area contributed by atoms with Crippen LogP contribution in [0.5, 0.6) is 0 Å². The second-order valence-electron chi connectivity index (χ2n) is 5.32. The highest BCUT2D eigenvalue weighted by molar-refractivity contribution is 5.78. The van der Waals surface area contributed by atoms with Crippen molar-refractivity contribution in [1.82, 2.24) is 10.6 Å². The number of amides is 1. The minimum absolute atomic E-state index is 0.163. The Morgan fingerprint density at radius 3 is 2.65 bits per heavy atom. The predicted octanol–water partition coefficient (Wildman–Crippen LogP) is 2.46. The van der Waals surface area contributed by atoms with Gasteiger partial charge in [0.1, 0.15) is 0 Å². The van der Waals surface area contributed by atoms with E-state index in [1.165, 1.54) is 25.7 Å². The molecule has 0 aliphatic heterocycles. The normalized spacial score (nSPS) is 26.5. The molecule has 2 N–H and O–H groups in total. The van der Waals surface area contributed by atoms with E-state index in [0.29, 0.717) is 24.5 Å². The van der Waals surface area contributed by atoms with Gasteiger partial charge >= 0.3 is 0 Å². The summed E-state index contributed by atoms with van der Waals surface area (Å²) in [6.45, 7) is 6.93. The summed E-state index contributed by atoms with van der Waals surface area (Å²) < 4.78 is 0. The minimum atomic E-state index is 0.163. The van der Waals surface area contributed by atoms with Gasteiger partial charge in [0.25, 0.3) is 0 Å². The molecule has 1 aliphatic carbocycles. The molecule has 3 atom stereocenters. The average molecular weight is 240 g/mol. The number of carbonyl (C=O) groups excluding carboxylic acids is 1. The lowest BCUT2D eigenvalue weighted by molar-refractivity contribution is -0.121. The van der Waals surface area contributed by atoms with Gasteiger partial charge in [0.05, 0.1) is 6.54 Å². The number of rotatable bonds is 6. The van der Waals surface area contributed by atoms with Gasteiger partial charge in [-0.3, -0.25) is 4.79 Å². The maximum atomic E-state index is 11.8. The fourth-order valence-corrected chi connectivity index (χ4v) is 2.56. The van der Waals surface area contributed by atoms with Gasteiger partial charge < -0.3 is 10.6 Å². The monoisotopic (exact) mass is 240 g/mol. The lowest BCUT2D eigenvalue weighted by Crippen LogP contribution is -2.46. The van der Waals surface area contributed by atoms with Crippen LogP contribution < -0.4 is 10.6 Å². The maximum absolute atomic E-state index is 11.8. The Morgan fingerprint density at radius 1 is 1.29 bits per heavy atom. The minimum Gasteiger partial charge on any atom is -0.352 e. The van der Waals surface area contributed by atoms with Crippen LogP contribution >= 0.6 is 0 Å². The number of carbonyl (C=O) groups is 1. The standard InChI is InChI=1S/C14H28N2O/c1-4-11(3)15-10-14(17)16-13-9-7-6-8-12(13)5-2/h11-13,15H,4-10H2,1-3H3,(H,16,17). The molecule has 0 radical (unpaired) electrons. The molecular weight excluding hydrogens is 212 g/mol. The summed E-state index contributed by atoms with van der Waals surface area (Å²) in [7, 11) is 0. The van der Waals surface area contributed by atoms with Gasteiger partial charge in [0, 0.05) is 12.1 Å². The SMILES string of the molecule is CCC(C)NCC(=O)NC1CCCCC1CC. The van der Waals surface area contributed by atoms with Crippen molar-refractivity contribution in [1.29, 1.82) is 0 Å². The summed E-state index contributed by atoms with van der Waals surface area (Å²) in [6, 6.07) is 0.842. The molecule has 0 aromatic heterocycles. The van der Waals surface area contributed by atoms with Gasteiger partial charge in [-0.2, -0.15) is 0 Å². The molecule has 100 valence electrons. The first-order chi connectivity index (χ1) is 8.17. The van der Waals surface area contributed by atoms with E-state index in [9.17, 15) is 4.79 Å². The Hall–Kier alpha value is -0.570. The lowest BCUT2D eigenvalue weighted by Gasteiger charge is -2.31. The first-order valence-electron chi connectivity index (χ1n) is 7.20. The molecule has 0 spiro atoms. The van der Waals surface area contributed by atoms with Gasteiger partial charge in [0.2, 0.25) is 5.91 Å². The Balaban J connectivity index is 2.28. The molecule has 1 amide bonds. The summed E-state index contributed by atoms with van der Waals surface area (Å²) in [5.41, 5.74) is 0. The molecule has 0 bridgehead atoms. The van der Waals surface area contributed by atoms with Crippen molar-refractivity contribution in [3.8, 4) is 0 Å². The molecule has 3 heteroatoms. The molecule has 1 aliphatic rings. The average Bonchev–Trinajstić information content (AvgIpc) is 2.36. The smallest absolute Gasteiger partial charge is 0.234 e. The summed E-state index contributed by atoms with van der Waals surface area (Å²) in [5, 5.41) is 6.44. The van der Waals surface area contributed by atoms with Crippen LogP contribution in [0.2, 0.25) is 0 Å². The zero-order valence-corrected chi connectivity index (χ0v) is 11.6. The fourth-order valence-electron chi connectivity index (χ4n) is 2.56. The van der Waals surface area contributed by atoms with Crippen molar-refractivity contribution in [2.24, 2.45) is 5.92 Å². The topological polar surface area (TPSA) is 41.1 Å². The summed E-state index contributed by atoms with van der Waals surface area (Å²) >= 11 is 0. The van der Waals surface area contributed by atoms with E-state index in [1.807, 2.05) is 0 Å². The van der Waals surface area contributed by atoms with E-state index in [4.69, 9.17) is 0 Å².